The van der Waals surface area contributed by atoms with Gasteiger partial charge in [0.05, 0.1) is 25.5 Å². The van der Waals surface area contributed by atoms with Gasteiger partial charge >= 0.3 is 5.97 Å². The number of carbonyl (C=O) groups is 1. The fourth-order valence-electron chi connectivity index (χ4n) is 1.77. The molecule has 1 rings (SSSR count). The Kier molecular flexibility index (Phi) is 3.89. The topological polar surface area (TPSA) is 79.4 Å². The zero-order valence-electron chi connectivity index (χ0n) is 9.98. The van der Waals surface area contributed by atoms with Crippen LogP contribution in [-0.4, -0.2) is 36.5 Å². The number of nitrogens with two attached hydrogens (primary N) is 1. The summed E-state index contributed by atoms with van der Waals surface area (Å²) in [6.07, 6.45) is 0. The number of hydrogen-bond donors (Lipinski definition) is 1. The molecule has 0 aliphatic carbocycles. The van der Waals surface area contributed by atoms with Crippen molar-refractivity contribution in [2.45, 2.75) is 12.8 Å². The van der Waals surface area contributed by atoms with Crippen molar-refractivity contribution in [1.29, 1.82) is 0 Å². The highest BCUT2D eigenvalue weighted by Gasteiger charge is 2.28. The molecule has 0 bridgehead atoms. The second-order valence-corrected chi connectivity index (χ2v) is 3.44. The SMILES string of the molecule is COC(=O)C(CN)c1c(C)nn(C)c1OC. The Morgan fingerprint density at radius 3 is 2.62 bits per heavy atom. The van der Waals surface area contributed by atoms with Crippen molar-refractivity contribution in [3.8, 4) is 5.88 Å². The largest absolute Gasteiger partial charge is 0.481 e. The molecule has 0 spiro atoms. The minimum absolute atomic E-state index is 0.162. The molecule has 0 saturated carbocycles. The molecule has 1 heterocycles. The predicted octanol–water partition coefficient (Wildman–Crippen LogP) is -0.0476. The van der Waals surface area contributed by atoms with E-state index in [4.69, 9.17) is 15.2 Å². The summed E-state index contributed by atoms with van der Waals surface area (Å²) in [4.78, 5) is 11.6. The first kappa shape index (κ1) is 12.5. The highest BCUT2D eigenvalue weighted by Crippen LogP contribution is 2.29. The van der Waals surface area contributed by atoms with Crippen LogP contribution in [0.25, 0.3) is 0 Å². The van der Waals surface area contributed by atoms with Gasteiger partial charge in [-0.25, -0.2) is 4.68 Å². The summed E-state index contributed by atoms with van der Waals surface area (Å²) in [5.74, 6) is -0.371. The van der Waals surface area contributed by atoms with Gasteiger partial charge in [-0.3, -0.25) is 4.79 Å². The van der Waals surface area contributed by atoms with E-state index in [0.717, 1.165) is 5.69 Å². The lowest BCUT2D eigenvalue weighted by Crippen LogP contribution is -2.23. The number of aromatic nitrogens is 2. The molecule has 0 fully saturated rings. The Balaban J connectivity index is 3.23. The lowest BCUT2D eigenvalue weighted by atomic mass is 10.00. The molecule has 0 aliphatic heterocycles. The Bertz CT molecular complexity index is 387. The summed E-state index contributed by atoms with van der Waals surface area (Å²) < 4.78 is 11.5. The van der Waals surface area contributed by atoms with Gasteiger partial charge in [-0.1, -0.05) is 0 Å². The molecule has 16 heavy (non-hydrogen) atoms. The van der Waals surface area contributed by atoms with Crippen molar-refractivity contribution >= 4 is 5.97 Å². The second kappa shape index (κ2) is 4.98. The maximum Gasteiger partial charge on any atom is 0.314 e. The highest BCUT2D eigenvalue weighted by atomic mass is 16.5. The molecule has 2 N–H and O–H groups in total. The maximum atomic E-state index is 11.6. The van der Waals surface area contributed by atoms with E-state index in [-0.39, 0.29) is 12.5 Å². The van der Waals surface area contributed by atoms with E-state index in [9.17, 15) is 4.79 Å². The summed E-state index contributed by atoms with van der Waals surface area (Å²) >= 11 is 0. The third-order valence-electron chi connectivity index (χ3n) is 2.48. The van der Waals surface area contributed by atoms with Crippen LogP contribution >= 0.6 is 0 Å². The average molecular weight is 227 g/mol. The van der Waals surface area contributed by atoms with E-state index in [2.05, 4.69) is 5.10 Å². The summed E-state index contributed by atoms with van der Waals surface area (Å²) in [6.45, 7) is 1.97. The number of methoxy groups -OCH3 is 2. The van der Waals surface area contributed by atoms with Gasteiger partial charge in [-0.15, -0.1) is 0 Å². The van der Waals surface area contributed by atoms with Crippen molar-refractivity contribution in [3.05, 3.63) is 11.3 Å². The highest BCUT2D eigenvalue weighted by molar-refractivity contribution is 5.79. The number of esters is 1. The molecule has 0 aromatic carbocycles. The molecular weight excluding hydrogens is 210 g/mol. The summed E-state index contributed by atoms with van der Waals surface area (Å²) in [5.41, 5.74) is 7.01. The molecule has 0 amide bonds. The predicted molar refractivity (Wildman–Crippen MR) is 58.3 cm³/mol. The van der Waals surface area contributed by atoms with Crippen molar-refractivity contribution in [3.63, 3.8) is 0 Å². The molecule has 0 aliphatic rings. The van der Waals surface area contributed by atoms with Crippen LogP contribution in [0.1, 0.15) is 17.2 Å². The van der Waals surface area contributed by atoms with Gasteiger partial charge in [0, 0.05) is 13.6 Å². The van der Waals surface area contributed by atoms with Crippen LogP contribution in [0.2, 0.25) is 0 Å². The van der Waals surface area contributed by atoms with Gasteiger partial charge in [-0.05, 0) is 6.92 Å². The van der Waals surface area contributed by atoms with Gasteiger partial charge in [0.2, 0.25) is 5.88 Å². The normalized spacial score (nSPS) is 12.3. The van der Waals surface area contributed by atoms with E-state index < -0.39 is 5.92 Å². The minimum atomic E-state index is -0.534. The third-order valence-corrected chi connectivity index (χ3v) is 2.48. The molecule has 1 aromatic heterocycles. The molecule has 0 saturated heterocycles. The molecule has 1 unspecified atom stereocenters. The van der Waals surface area contributed by atoms with Crippen LogP contribution in [0.4, 0.5) is 0 Å². The summed E-state index contributed by atoms with van der Waals surface area (Å²) in [6, 6.07) is 0. The number of ether oxygens (including phenoxy) is 2. The Morgan fingerprint density at radius 1 is 1.56 bits per heavy atom. The number of rotatable bonds is 4. The second-order valence-electron chi connectivity index (χ2n) is 3.44. The first-order valence-corrected chi connectivity index (χ1v) is 4.92. The smallest absolute Gasteiger partial charge is 0.314 e. The first-order chi connectivity index (χ1) is 7.56. The molecule has 6 heteroatoms. The van der Waals surface area contributed by atoms with Gasteiger partial charge in [-0.2, -0.15) is 5.10 Å². The molecular formula is C10H17N3O3. The van der Waals surface area contributed by atoms with Gasteiger partial charge in [0.15, 0.2) is 0 Å². The zero-order chi connectivity index (χ0) is 12.3. The molecule has 6 nitrogen and oxygen atoms in total. The van der Waals surface area contributed by atoms with Crippen molar-refractivity contribution in [2.75, 3.05) is 20.8 Å². The minimum Gasteiger partial charge on any atom is -0.481 e. The van der Waals surface area contributed by atoms with E-state index in [0.29, 0.717) is 11.4 Å². The van der Waals surface area contributed by atoms with Gasteiger partial charge in [0.25, 0.3) is 0 Å². The average Bonchev–Trinajstić information content (AvgIpc) is 2.54. The van der Waals surface area contributed by atoms with Gasteiger partial charge in [0.1, 0.15) is 5.92 Å². The van der Waals surface area contributed by atoms with E-state index in [1.807, 2.05) is 6.92 Å². The molecule has 1 atom stereocenters. The van der Waals surface area contributed by atoms with Crippen molar-refractivity contribution < 1.29 is 14.3 Å². The van der Waals surface area contributed by atoms with Crippen LogP contribution in [0.15, 0.2) is 0 Å². The van der Waals surface area contributed by atoms with E-state index >= 15 is 0 Å². The number of hydrogen-bond acceptors (Lipinski definition) is 5. The molecule has 0 radical (unpaired) electrons. The first-order valence-electron chi connectivity index (χ1n) is 4.92. The maximum absolute atomic E-state index is 11.6. The van der Waals surface area contributed by atoms with E-state index in [1.54, 1.807) is 11.7 Å². The lowest BCUT2D eigenvalue weighted by molar-refractivity contribution is -0.142. The molecule has 90 valence electrons. The number of aryl methyl sites for hydroxylation is 2. The summed E-state index contributed by atoms with van der Waals surface area (Å²) in [7, 11) is 4.62. The third kappa shape index (κ3) is 2.01. The van der Waals surface area contributed by atoms with E-state index in [1.165, 1.54) is 14.2 Å². The van der Waals surface area contributed by atoms with Crippen LogP contribution < -0.4 is 10.5 Å². The van der Waals surface area contributed by atoms with Crippen LogP contribution in [0.3, 0.4) is 0 Å². The fraction of sp³-hybridized carbons (Fsp3) is 0.600. The number of carbonyl (C=O) groups excluding carboxylic acids is 1. The van der Waals surface area contributed by atoms with Crippen LogP contribution in [0.5, 0.6) is 5.88 Å². The standard InChI is InChI=1S/C10H17N3O3/c1-6-8(7(5-11)10(14)16-4)9(15-3)13(2)12-6/h7H,5,11H2,1-4H3. The zero-order valence-corrected chi connectivity index (χ0v) is 9.98. The Morgan fingerprint density at radius 2 is 2.19 bits per heavy atom. The Labute approximate surface area is 94.3 Å². The Hall–Kier alpha value is -1.56. The van der Waals surface area contributed by atoms with Crippen LogP contribution in [-0.2, 0) is 16.6 Å². The number of nitrogens with zero attached hydrogens (tertiary/aromatic N) is 2. The quantitative estimate of drug-likeness (QED) is 0.730. The lowest BCUT2D eigenvalue weighted by Gasteiger charge is -2.13. The van der Waals surface area contributed by atoms with Crippen molar-refractivity contribution in [1.82, 2.24) is 9.78 Å². The van der Waals surface area contributed by atoms with Crippen molar-refractivity contribution in [2.24, 2.45) is 12.8 Å². The fourth-order valence-corrected chi connectivity index (χ4v) is 1.77. The van der Waals surface area contributed by atoms with Crippen LogP contribution in [0, 0.1) is 6.92 Å². The van der Waals surface area contributed by atoms with Gasteiger partial charge < -0.3 is 15.2 Å². The summed E-state index contributed by atoms with van der Waals surface area (Å²) in [5, 5.41) is 4.20. The molecule has 1 aromatic rings. The monoisotopic (exact) mass is 227 g/mol.